The molecule has 1 saturated carbocycles. The molecule has 1 saturated heterocycles. The Kier molecular flexibility index (Phi) is 6.07. The Morgan fingerprint density at radius 1 is 1.03 bits per heavy atom. The number of piperidine rings is 1. The fourth-order valence-corrected chi connectivity index (χ4v) is 3.77. The predicted molar refractivity (Wildman–Crippen MR) is 97.3 cm³/mol. The molecule has 178 valence electrons. The Morgan fingerprint density at radius 3 is 1.97 bits per heavy atom. The van der Waals surface area contributed by atoms with Crippen molar-refractivity contribution in [3.63, 3.8) is 0 Å². The zero-order chi connectivity index (χ0) is 23.9. The second kappa shape index (κ2) is 8.07. The number of likely N-dealkylation sites (tertiary alicyclic amines) is 1. The minimum absolute atomic E-state index is 0.152. The molecule has 2 fully saturated rings. The lowest BCUT2D eigenvalue weighted by molar-refractivity contribution is -0.308. The van der Waals surface area contributed by atoms with Crippen LogP contribution in [0.5, 0.6) is 0 Å². The van der Waals surface area contributed by atoms with Crippen LogP contribution >= 0.6 is 0 Å². The summed E-state index contributed by atoms with van der Waals surface area (Å²) >= 11 is 0. The number of hydrogen-bond acceptors (Lipinski definition) is 5. The van der Waals surface area contributed by atoms with Crippen LogP contribution in [-0.2, 0) is 14.9 Å². The van der Waals surface area contributed by atoms with Crippen LogP contribution in [0.3, 0.4) is 0 Å². The van der Waals surface area contributed by atoms with Crippen molar-refractivity contribution in [1.82, 2.24) is 19.8 Å². The first-order valence-electron chi connectivity index (χ1n) is 9.85. The van der Waals surface area contributed by atoms with Crippen LogP contribution in [0.1, 0.15) is 38.4 Å². The average Bonchev–Trinajstić information content (AvgIpc) is 3.52. The van der Waals surface area contributed by atoms with Crippen molar-refractivity contribution in [3.05, 3.63) is 24.3 Å². The Morgan fingerprint density at radius 2 is 1.53 bits per heavy atom. The first-order chi connectivity index (χ1) is 14.7. The first-order valence-corrected chi connectivity index (χ1v) is 9.85. The second-order valence-corrected chi connectivity index (χ2v) is 8.35. The number of amides is 2. The van der Waals surface area contributed by atoms with Gasteiger partial charge in [-0.3, -0.25) is 4.79 Å². The summed E-state index contributed by atoms with van der Waals surface area (Å²) in [7, 11) is 1.59. The molecule has 2 amide bonds. The molecule has 0 unspecified atom stereocenters. The smallest absolute Gasteiger partial charge is 0.426 e. The van der Waals surface area contributed by atoms with Crippen molar-refractivity contribution in [2.75, 3.05) is 20.1 Å². The van der Waals surface area contributed by atoms with Gasteiger partial charge in [0.1, 0.15) is 11.2 Å². The van der Waals surface area contributed by atoms with Gasteiger partial charge >= 0.3 is 18.4 Å². The summed E-state index contributed by atoms with van der Waals surface area (Å²) in [4.78, 5) is 35.8. The van der Waals surface area contributed by atoms with Crippen LogP contribution in [0.25, 0.3) is 0 Å². The van der Waals surface area contributed by atoms with Gasteiger partial charge in [0, 0.05) is 38.1 Å². The minimum atomic E-state index is -5.77. The van der Waals surface area contributed by atoms with E-state index in [1.165, 1.54) is 17.3 Å². The maximum Gasteiger partial charge on any atom is 0.434 e. The average molecular weight is 468 g/mol. The van der Waals surface area contributed by atoms with E-state index in [9.17, 15) is 35.9 Å². The molecular weight excluding hydrogens is 446 g/mol. The fraction of sp³-hybridized carbons (Fsp3) is 0.684. The summed E-state index contributed by atoms with van der Waals surface area (Å²) in [6.45, 7) is 1.43. The zero-order valence-electron chi connectivity index (χ0n) is 17.3. The third kappa shape index (κ3) is 4.60. The Labute approximate surface area is 179 Å². The molecule has 13 heteroatoms. The van der Waals surface area contributed by atoms with Gasteiger partial charge in [-0.05, 0) is 38.7 Å². The van der Waals surface area contributed by atoms with Gasteiger partial charge in [0.25, 0.3) is 6.10 Å². The van der Waals surface area contributed by atoms with E-state index < -0.39 is 35.5 Å². The monoisotopic (exact) mass is 468 g/mol. The van der Waals surface area contributed by atoms with E-state index in [1.807, 2.05) is 0 Å². The summed E-state index contributed by atoms with van der Waals surface area (Å²) in [5, 5.41) is 0. The van der Waals surface area contributed by atoms with E-state index >= 15 is 0 Å². The van der Waals surface area contributed by atoms with Crippen molar-refractivity contribution < 1.29 is 40.7 Å². The van der Waals surface area contributed by atoms with Crippen molar-refractivity contribution >= 4 is 12.0 Å². The number of aromatic nitrogens is 2. The summed E-state index contributed by atoms with van der Waals surface area (Å²) in [5.41, 5.74) is -1.59. The molecular formula is C19H22F6N4O3. The predicted octanol–water partition coefficient (Wildman–Crippen LogP) is 3.45. The highest BCUT2D eigenvalue weighted by atomic mass is 19.4. The van der Waals surface area contributed by atoms with Crippen molar-refractivity contribution in [2.24, 2.45) is 0 Å². The number of carbonyl (C=O) groups is 2. The maximum atomic E-state index is 13.2. The van der Waals surface area contributed by atoms with Crippen molar-refractivity contribution in [3.8, 4) is 0 Å². The first kappa shape index (κ1) is 24.1. The number of rotatable bonds is 4. The highest BCUT2D eigenvalue weighted by Crippen LogP contribution is 2.49. The quantitative estimate of drug-likeness (QED) is 0.633. The maximum absolute atomic E-state index is 13.2. The van der Waals surface area contributed by atoms with Gasteiger partial charge in [0.15, 0.2) is 0 Å². The molecule has 0 radical (unpaired) electrons. The molecule has 0 N–H and O–H groups in total. The molecule has 1 aromatic heterocycles. The molecule has 1 aliphatic carbocycles. The van der Waals surface area contributed by atoms with Crippen molar-refractivity contribution in [2.45, 2.75) is 62.0 Å². The largest absolute Gasteiger partial charge is 0.434 e. The number of hydrogen-bond donors (Lipinski definition) is 0. The molecule has 0 atom stereocenters. The molecule has 32 heavy (non-hydrogen) atoms. The van der Waals surface area contributed by atoms with Crippen molar-refractivity contribution in [1.29, 1.82) is 0 Å². The van der Waals surface area contributed by atoms with Gasteiger partial charge in [0.2, 0.25) is 5.91 Å². The molecule has 1 aliphatic heterocycles. The summed E-state index contributed by atoms with van der Waals surface area (Å²) in [6.07, 6.45) is -12.9. The highest BCUT2D eigenvalue weighted by Gasteiger charge is 2.60. The number of carbonyl (C=O) groups excluding carboxylic acids is 2. The molecule has 2 heterocycles. The number of ether oxygens (including phenoxy) is 1. The number of nitrogens with zero attached hydrogens (tertiary/aromatic N) is 4. The van der Waals surface area contributed by atoms with Crippen LogP contribution < -0.4 is 0 Å². The normalized spacial score (nSPS) is 20.1. The minimum Gasteiger partial charge on any atom is -0.426 e. The lowest BCUT2D eigenvalue weighted by atomic mass is 9.86. The summed E-state index contributed by atoms with van der Waals surface area (Å²) < 4.78 is 79.7. The number of likely N-dealkylation sites (N-methyl/N-ethyl adjacent to an activating group) is 1. The molecule has 7 nitrogen and oxygen atoms in total. The lowest BCUT2D eigenvalue weighted by Crippen LogP contribution is -2.57. The SMILES string of the molecule is CN(C(=O)C1(c2ncccn2)CC1)C1(C)CCN(C(=O)OC(C(F)(F)F)C(F)(F)F)CC1. The van der Waals surface area contributed by atoms with Crippen LogP contribution in [-0.4, -0.2) is 75.9 Å². The molecule has 0 bridgehead atoms. The van der Waals surface area contributed by atoms with Crippen LogP contribution in [0, 0.1) is 0 Å². The van der Waals surface area contributed by atoms with E-state index in [0.717, 1.165) is 4.90 Å². The molecule has 0 spiro atoms. The van der Waals surface area contributed by atoms with E-state index in [0.29, 0.717) is 18.7 Å². The van der Waals surface area contributed by atoms with Crippen LogP contribution in [0.15, 0.2) is 18.5 Å². The molecule has 3 rings (SSSR count). The Hall–Kier alpha value is -2.60. The van der Waals surface area contributed by atoms with E-state index in [1.54, 1.807) is 20.0 Å². The Balaban J connectivity index is 1.64. The summed E-state index contributed by atoms with van der Waals surface area (Å²) in [6, 6.07) is 1.63. The van der Waals surface area contributed by atoms with Gasteiger partial charge in [-0.2, -0.15) is 26.3 Å². The lowest BCUT2D eigenvalue weighted by Gasteiger charge is -2.46. The fourth-order valence-electron chi connectivity index (χ4n) is 3.77. The third-order valence-corrected chi connectivity index (χ3v) is 6.18. The summed E-state index contributed by atoms with van der Waals surface area (Å²) in [5.74, 6) is 0.197. The highest BCUT2D eigenvalue weighted by molar-refractivity contribution is 5.90. The van der Waals surface area contributed by atoms with Gasteiger partial charge in [0.05, 0.1) is 0 Å². The van der Waals surface area contributed by atoms with E-state index in [4.69, 9.17) is 0 Å². The molecule has 1 aromatic rings. The molecule has 2 aliphatic rings. The molecule has 0 aromatic carbocycles. The van der Waals surface area contributed by atoms with Gasteiger partial charge in [-0.25, -0.2) is 14.8 Å². The Bertz CT molecular complexity index is 835. The van der Waals surface area contributed by atoms with Crippen LogP contribution in [0.2, 0.25) is 0 Å². The standard InChI is InChI=1S/C19H22F6N4O3/c1-16(28(2)14(30)17(4-5-17)13-26-8-3-9-27-13)6-10-29(11-7-16)15(31)32-12(18(20,21)22)19(23,24)25/h3,8-9,12H,4-7,10-11H2,1-2H3. The third-order valence-electron chi connectivity index (χ3n) is 6.18. The van der Waals surface area contributed by atoms with E-state index in [2.05, 4.69) is 14.7 Å². The second-order valence-electron chi connectivity index (χ2n) is 8.35. The zero-order valence-corrected chi connectivity index (χ0v) is 17.3. The van der Waals surface area contributed by atoms with E-state index in [-0.39, 0.29) is 31.8 Å². The van der Waals surface area contributed by atoms with Gasteiger partial charge in [-0.1, -0.05) is 0 Å². The number of halogens is 6. The van der Waals surface area contributed by atoms with Gasteiger partial charge < -0.3 is 14.5 Å². The number of alkyl halides is 6. The topological polar surface area (TPSA) is 75.6 Å². The van der Waals surface area contributed by atoms with Crippen LogP contribution in [0.4, 0.5) is 31.1 Å². The van der Waals surface area contributed by atoms with Gasteiger partial charge in [-0.15, -0.1) is 0 Å².